The van der Waals surface area contributed by atoms with Crippen LogP contribution in [0.3, 0.4) is 0 Å². The van der Waals surface area contributed by atoms with Crippen LogP contribution < -0.4 is 5.32 Å². The van der Waals surface area contributed by atoms with Crippen molar-refractivity contribution in [2.45, 2.75) is 38.9 Å². The fourth-order valence-electron chi connectivity index (χ4n) is 3.66. The van der Waals surface area contributed by atoms with E-state index in [-0.39, 0.29) is 30.0 Å². The van der Waals surface area contributed by atoms with Gasteiger partial charge in [0.05, 0.1) is 6.54 Å². The number of halogens is 4. The second-order valence-corrected chi connectivity index (χ2v) is 6.88. The summed E-state index contributed by atoms with van der Waals surface area (Å²) in [6.45, 7) is 6.49. The third-order valence-corrected chi connectivity index (χ3v) is 4.39. The zero-order valence-corrected chi connectivity index (χ0v) is 16.4. The summed E-state index contributed by atoms with van der Waals surface area (Å²) in [5, 5.41) is 3.36. The van der Waals surface area contributed by atoms with Crippen molar-refractivity contribution >= 4 is 29.9 Å². The third-order valence-electron chi connectivity index (χ3n) is 4.39. The van der Waals surface area contributed by atoms with E-state index < -0.39 is 12.7 Å². The van der Waals surface area contributed by atoms with Gasteiger partial charge in [-0.05, 0) is 24.7 Å². The van der Waals surface area contributed by atoms with Crippen LogP contribution in [0.1, 0.15) is 26.7 Å². The minimum atomic E-state index is -4.12. The minimum absolute atomic E-state index is 0. The molecule has 4 nitrogen and oxygen atoms in total. The van der Waals surface area contributed by atoms with Crippen LogP contribution in [0, 0.1) is 11.8 Å². The molecule has 0 radical (unpaired) electrons. The summed E-state index contributed by atoms with van der Waals surface area (Å²) in [4.78, 5) is 8.04. The summed E-state index contributed by atoms with van der Waals surface area (Å²) >= 11 is 0. The molecule has 2 saturated heterocycles. The first-order valence-corrected chi connectivity index (χ1v) is 8.04. The molecule has 0 saturated carbocycles. The normalized spacial score (nSPS) is 30.3. The lowest BCUT2D eigenvalue weighted by Crippen LogP contribution is -2.51. The van der Waals surface area contributed by atoms with Crippen molar-refractivity contribution in [2.24, 2.45) is 16.8 Å². The second kappa shape index (κ2) is 8.73. The van der Waals surface area contributed by atoms with E-state index in [4.69, 9.17) is 0 Å². The smallest absolute Gasteiger partial charge is 0.352 e. The van der Waals surface area contributed by atoms with Crippen LogP contribution in [0.2, 0.25) is 0 Å². The van der Waals surface area contributed by atoms with Crippen LogP contribution in [0.15, 0.2) is 4.99 Å². The van der Waals surface area contributed by atoms with Gasteiger partial charge < -0.3 is 10.2 Å². The Kier molecular flexibility index (Phi) is 7.89. The molecular weight excluding hydrogens is 420 g/mol. The van der Waals surface area contributed by atoms with Gasteiger partial charge in [0.15, 0.2) is 5.96 Å². The Labute approximate surface area is 153 Å². The topological polar surface area (TPSA) is 30.9 Å². The number of guanidine groups is 1. The Morgan fingerprint density at radius 1 is 1.17 bits per heavy atom. The van der Waals surface area contributed by atoms with Gasteiger partial charge in [0.25, 0.3) is 0 Å². The van der Waals surface area contributed by atoms with Crippen molar-refractivity contribution in [3.63, 3.8) is 0 Å². The fraction of sp³-hybridized carbons (Fsp3) is 0.933. The number of likely N-dealkylation sites (tertiary alicyclic amines) is 2. The molecule has 0 aromatic rings. The van der Waals surface area contributed by atoms with E-state index in [9.17, 15) is 13.2 Å². The molecule has 2 fully saturated rings. The monoisotopic (exact) mass is 448 g/mol. The molecule has 0 aliphatic carbocycles. The van der Waals surface area contributed by atoms with E-state index in [1.165, 1.54) is 11.3 Å². The molecule has 0 aromatic carbocycles. The number of alkyl halides is 3. The average Bonchev–Trinajstić information content (AvgIpc) is 2.79. The lowest BCUT2D eigenvalue weighted by Gasteiger charge is -2.37. The van der Waals surface area contributed by atoms with E-state index in [0.717, 1.165) is 25.5 Å². The van der Waals surface area contributed by atoms with E-state index in [2.05, 4.69) is 29.1 Å². The molecule has 2 rings (SSSR count). The van der Waals surface area contributed by atoms with Crippen molar-refractivity contribution < 1.29 is 13.2 Å². The maximum atomic E-state index is 12.4. The van der Waals surface area contributed by atoms with E-state index in [1.54, 1.807) is 7.05 Å². The molecule has 8 heteroatoms. The summed E-state index contributed by atoms with van der Waals surface area (Å²) in [5.41, 5.74) is 0. The standard InChI is InChI=1S/C15H27F3N4.HI/c1-11-6-12(2)8-22(7-11)14(19-3)20-13-4-5-21(9-13)10-15(16,17)18;/h11-13H,4-10H2,1-3H3,(H,19,20);1H. The predicted octanol–water partition coefficient (Wildman–Crippen LogP) is 2.79. The van der Waals surface area contributed by atoms with Gasteiger partial charge in [0, 0.05) is 39.3 Å². The first-order valence-electron chi connectivity index (χ1n) is 8.04. The largest absolute Gasteiger partial charge is 0.401 e. The van der Waals surface area contributed by atoms with Gasteiger partial charge in [-0.15, -0.1) is 24.0 Å². The molecule has 1 N–H and O–H groups in total. The first-order chi connectivity index (χ1) is 10.3. The zero-order chi connectivity index (χ0) is 16.3. The second-order valence-electron chi connectivity index (χ2n) is 6.88. The van der Waals surface area contributed by atoms with Gasteiger partial charge in [0.2, 0.25) is 0 Å². The lowest BCUT2D eigenvalue weighted by atomic mass is 9.92. The fourth-order valence-corrected chi connectivity index (χ4v) is 3.66. The number of hydrogen-bond acceptors (Lipinski definition) is 2. The summed E-state index contributed by atoms with van der Waals surface area (Å²) < 4.78 is 37.3. The molecule has 23 heavy (non-hydrogen) atoms. The van der Waals surface area contributed by atoms with Crippen LogP contribution in [0.25, 0.3) is 0 Å². The molecule has 2 aliphatic heterocycles. The molecule has 0 amide bonds. The van der Waals surface area contributed by atoms with Crippen molar-refractivity contribution in [1.82, 2.24) is 15.1 Å². The summed E-state index contributed by atoms with van der Waals surface area (Å²) in [6, 6.07) is 0.0496. The van der Waals surface area contributed by atoms with Crippen LogP contribution in [-0.2, 0) is 0 Å². The molecule has 0 spiro atoms. The van der Waals surface area contributed by atoms with Gasteiger partial charge in [-0.1, -0.05) is 13.8 Å². The molecule has 0 aromatic heterocycles. The minimum Gasteiger partial charge on any atom is -0.352 e. The van der Waals surface area contributed by atoms with Crippen molar-refractivity contribution in [3.8, 4) is 0 Å². The van der Waals surface area contributed by atoms with Crippen LogP contribution in [0.4, 0.5) is 13.2 Å². The van der Waals surface area contributed by atoms with Gasteiger partial charge in [-0.2, -0.15) is 13.2 Å². The average molecular weight is 448 g/mol. The molecule has 136 valence electrons. The van der Waals surface area contributed by atoms with Crippen LogP contribution in [-0.4, -0.2) is 67.7 Å². The van der Waals surface area contributed by atoms with Gasteiger partial charge >= 0.3 is 6.18 Å². The Morgan fingerprint density at radius 3 is 2.30 bits per heavy atom. The number of hydrogen-bond donors (Lipinski definition) is 1. The van der Waals surface area contributed by atoms with Crippen molar-refractivity contribution in [2.75, 3.05) is 39.8 Å². The maximum Gasteiger partial charge on any atom is 0.401 e. The number of piperidine rings is 1. The summed E-state index contributed by atoms with van der Waals surface area (Å²) in [7, 11) is 1.74. The number of nitrogens with zero attached hydrogens (tertiary/aromatic N) is 3. The van der Waals surface area contributed by atoms with Crippen molar-refractivity contribution in [3.05, 3.63) is 0 Å². The highest BCUT2D eigenvalue weighted by Crippen LogP contribution is 2.22. The quantitative estimate of drug-likeness (QED) is 0.401. The molecule has 3 atom stereocenters. The Bertz CT molecular complexity index is 393. The maximum absolute atomic E-state index is 12.4. The summed E-state index contributed by atoms with van der Waals surface area (Å²) in [6.07, 6.45) is -2.17. The summed E-state index contributed by atoms with van der Waals surface area (Å²) in [5.74, 6) is 2.07. The Morgan fingerprint density at radius 2 is 1.78 bits per heavy atom. The number of aliphatic imine (C=N–C) groups is 1. The molecule has 3 unspecified atom stereocenters. The van der Waals surface area contributed by atoms with Gasteiger partial charge in [-0.25, -0.2) is 0 Å². The molecule has 0 bridgehead atoms. The third kappa shape index (κ3) is 6.64. The number of rotatable bonds is 2. The van der Waals surface area contributed by atoms with E-state index in [0.29, 0.717) is 24.9 Å². The zero-order valence-electron chi connectivity index (χ0n) is 14.1. The molecule has 2 aliphatic rings. The molecular formula is C15H28F3IN4. The van der Waals surface area contributed by atoms with Crippen molar-refractivity contribution in [1.29, 1.82) is 0 Å². The predicted molar refractivity (Wildman–Crippen MR) is 97.3 cm³/mol. The highest BCUT2D eigenvalue weighted by molar-refractivity contribution is 14.0. The molecule has 2 heterocycles. The van der Waals surface area contributed by atoms with E-state index in [1.807, 2.05) is 0 Å². The number of nitrogens with one attached hydrogen (secondary N) is 1. The highest BCUT2D eigenvalue weighted by Gasteiger charge is 2.35. The SMILES string of the molecule is CN=C(NC1CCN(CC(F)(F)F)C1)N1CC(C)CC(C)C1.I. The Balaban J connectivity index is 0.00000264. The Hall–Kier alpha value is -0.250. The van der Waals surface area contributed by atoms with Gasteiger partial charge in [-0.3, -0.25) is 9.89 Å². The van der Waals surface area contributed by atoms with Gasteiger partial charge in [0.1, 0.15) is 0 Å². The lowest BCUT2D eigenvalue weighted by molar-refractivity contribution is -0.143. The van der Waals surface area contributed by atoms with E-state index >= 15 is 0 Å². The highest BCUT2D eigenvalue weighted by atomic mass is 127. The van der Waals surface area contributed by atoms with Crippen LogP contribution in [0.5, 0.6) is 0 Å². The van der Waals surface area contributed by atoms with Crippen LogP contribution >= 0.6 is 24.0 Å². The first kappa shape index (κ1) is 20.8.